The number of ether oxygens (including phenoxy) is 1. The van der Waals surface area contributed by atoms with Crippen LogP contribution in [0.3, 0.4) is 0 Å². The molecule has 5 aliphatic carbocycles. The van der Waals surface area contributed by atoms with Crippen molar-refractivity contribution in [3.8, 4) is 0 Å². The third-order valence-corrected chi connectivity index (χ3v) is 13.8. The van der Waals surface area contributed by atoms with Gasteiger partial charge >= 0.3 is 18.1 Å². The summed E-state index contributed by atoms with van der Waals surface area (Å²) in [6, 6.07) is 0. The highest BCUT2D eigenvalue weighted by Crippen LogP contribution is 2.75. The lowest BCUT2D eigenvalue weighted by Crippen LogP contribution is -2.65. The van der Waals surface area contributed by atoms with Crippen molar-refractivity contribution in [2.75, 3.05) is 0 Å². The number of fused-ring (bicyclic) bond motifs is 7. The zero-order valence-corrected chi connectivity index (χ0v) is 24.7. The van der Waals surface area contributed by atoms with Crippen LogP contribution in [0, 0.1) is 56.7 Å². The summed E-state index contributed by atoms with van der Waals surface area (Å²) in [5.41, 5.74) is -0.109. The van der Waals surface area contributed by atoms with Gasteiger partial charge in [0.1, 0.15) is 6.10 Å². The molecule has 7 heteroatoms. The van der Waals surface area contributed by atoms with Crippen LogP contribution in [0.5, 0.6) is 0 Å². The topological polar surface area (TPSA) is 63.6 Å². The summed E-state index contributed by atoms with van der Waals surface area (Å²) in [4.78, 5) is 24.6. The van der Waals surface area contributed by atoms with Crippen LogP contribution in [0.2, 0.25) is 0 Å². The Labute approximate surface area is 231 Å². The summed E-state index contributed by atoms with van der Waals surface area (Å²) in [6.45, 7) is 15.7. The Balaban J connectivity index is 1.52. The summed E-state index contributed by atoms with van der Waals surface area (Å²) in [7, 11) is 0. The molecular weight excluding hydrogens is 505 g/mol. The zero-order valence-electron chi connectivity index (χ0n) is 24.7. The number of alkyl halides is 3. The third kappa shape index (κ3) is 3.75. The largest absolute Gasteiger partial charge is 0.490 e. The zero-order chi connectivity index (χ0) is 29.0. The number of esters is 1. The number of halogens is 3. The number of carbonyl (C=O) groups is 2. The standard InChI is InChI=1S/C32H47F3O4/c1-18-10-15-31(25(36)37)17-16-29(6)20(24(31)19(18)2)8-9-22-28(5)13-12-23(39-26(38)32(33,34)35)27(3,4)21(28)11-14-30(22,29)7/h8,18-19,21-24H,9-17H2,1-7H3,(H,36,37)/t18-,19+,21+,22-,23+,24+,28+,29-,30-,31+/m1/s1. The number of carboxylic acid groups (broad SMARTS) is 1. The molecule has 5 aliphatic rings. The first kappa shape index (κ1) is 29.0. The van der Waals surface area contributed by atoms with Crippen molar-refractivity contribution in [2.24, 2.45) is 56.7 Å². The Kier molecular flexibility index (Phi) is 6.49. The average molecular weight is 553 g/mol. The highest BCUT2D eigenvalue weighted by molar-refractivity contribution is 5.77. The number of carbonyl (C=O) groups excluding carboxylic acids is 1. The molecule has 0 saturated heterocycles. The Bertz CT molecular complexity index is 1080. The Morgan fingerprint density at radius 1 is 0.923 bits per heavy atom. The quantitative estimate of drug-likeness (QED) is 0.277. The molecule has 39 heavy (non-hydrogen) atoms. The highest BCUT2D eigenvalue weighted by atomic mass is 19.4. The molecule has 5 rings (SSSR count). The van der Waals surface area contributed by atoms with Gasteiger partial charge in [-0.1, -0.05) is 60.1 Å². The maximum Gasteiger partial charge on any atom is 0.490 e. The van der Waals surface area contributed by atoms with E-state index in [1.165, 1.54) is 5.57 Å². The van der Waals surface area contributed by atoms with Gasteiger partial charge in [0.15, 0.2) is 0 Å². The minimum absolute atomic E-state index is 0.0288. The number of allylic oxidation sites excluding steroid dienone is 2. The summed E-state index contributed by atoms with van der Waals surface area (Å²) >= 11 is 0. The van der Waals surface area contributed by atoms with Gasteiger partial charge in [-0.15, -0.1) is 0 Å². The van der Waals surface area contributed by atoms with Gasteiger partial charge in [0.05, 0.1) is 5.41 Å². The maximum absolute atomic E-state index is 13.1. The van der Waals surface area contributed by atoms with E-state index < -0.39 is 35.0 Å². The number of carboxylic acids is 1. The average Bonchev–Trinajstić information content (AvgIpc) is 2.82. The lowest BCUT2D eigenvalue weighted by Gasteiger charge is -2.71. The number of hydrogen-bond acceptors (Lipinski definition) is 3. The second kappa shape index (κ2) is 8.74. The van der Waals surface area contributed by atoms with Crippen molar-refractivity contribution < 1.29 is 32.6 Å². The summed E-state index contributed by atoms with van der Waals surface area (Å²) in [5.74, 6) is -1.39. The molecule has 4 saturated carbocycles. The number of aliphatic carboxylic acids is 1. The van der Waals surface area contributed by atoms with Gasteiger partial charge in [-0.2, -0.15) is 13.2 Å². The Morgan fingerprint density at radius 3 is 2.21 bits per heavy atom. The van der Waals surface area contributed by atoms with E-state index in [0.717, 1.165) is 44.9 Å². The highest BCUT2D eigenvalue weighted by Gasteiger charge is 2.70. The van der Waals surface area contributed by atoms with Crippen molar-refractivity contribution in [3.05, 3.63) is 11.6 Å². The van der Waals surface area contributed by atoms with E-state index in [1.807, 2.05) is 13.8 Å². The van der Waals surface area contributed by atoms with E-state index in [2.05, 4.69) is 40.7 Å². The first-order chi connectivity index (χ1) is 17.9. The molecule has 0 unspecified atom stereocenters. The van der Waals surface area contributed by atoms with E-state index >= 15 is 0 Å². The summed E-state index contributed by atoms with van der Waals surface area (Å²) < 4.78 is 44.3. The molecule has 0 aromatic carbocycles. The molecule has 0 aromatic heterocycles. The minimum Gasteiger partial charge on any atom is -0.481 e. The first-order valence-electron chi connectivity index (χ1n) is 15.1. The number of rotatable bonds is 2. The molecule has 4 fully saturated rings. The SMILES string of the molecule is C[C@H]1[C@H](C)CC[C@]2(C(=O)O)CC[C@]3(C)C(=CC[C@@H]4[C@@]5(C)CC[C@H](OC(=O)C(F)(F)F)C(C)(C)[C@@H]5CC[C@]43C)[C@H]12. The van der Waals surface area contributed by atoms with Gasteiger partial charge < -0.3 is 9.84 Å². The molecule has 220 valence electrons. The maximum atomic E-state index is 13.1. The predicted octanol–water partition coefficient (Wildman–Crippen LogP) is 8.20. The van der Waals surface area contributed by atoms with Crippen LogP contribution in [0.1, 0.15) is 106 Å². The number of hydrogen-bond donors (Lipinski definition) is 1. The summed E-state index contributed by atoms with van der Waals surface area (Å²) in [6.07, 6.45) is 3.83. The fourth-order valence-electron chi connectivity index (χ4n) is 11.2. The van der Waals surface area contributed by atoms with Crippen LogP contribution in [-0.4, -0.2) is 29.3 Å². The van der Waals surface area contributed by atoms with Gasteiger partial charge in [0.2, 0.25) is 0 Å². The van der Waals surface area contributed by atoms with Gasteiger partial charge in [0.25, 0.3) is 0 Å². The van der Waals surface area contributed by atoms with Crippen molar-refractivity contribution in [1.29, 1.82) is 0 Å². The van der Waals surface area contributed by atoms with Crippen molar-refractivity contribution in [1.82, 2.24) is 0 Å². The minimum atomic E-state index is -4.99. The molecule has 0 radical (unpaired) electrons. The Morgan fingerprint density at radius 2 is 1.59 bits per heavy atom. The lowest BCUT2D eigenvalue weighted by molar-refractivity contribution is -0.234. The van der Waals surface area contributed by atoms with E-state index in [1.54, 1.807) is 0 Å². The molecule has 10 atom stereocenters. The van der Waals surface area contributed by atoms with Crippen LogP contribution >= 0.6 is 0 Å². The van der Waals surface area contributed by atoms with Gasteiger partial charge in [0, 0.05) is 5.41 Å². The first-order valence-corrected chi connectivity index (χ1v) is 15.1. The molecule has 1 N–H and O–H groups in total. The van der Waals surface area contributed by atoms with E-state index in [4.69, 9.17) is 4.74 Å². The molecule has 0 bridgehead atoms. The van der Waals surface area contributed by atoms with Crippen LogP contribution in [0.25, 0.3) is 0 Å². The van der Waals surface area contributed by atoms with Gasteiger partial charge in [-0.25, -0.2) is 4.79 Å². The van der Waals surface area contributed by atoms with Crippen LogP contribution in [-0.2, 0) is 14.3 Å². The normalized spacial score (nSPS) is 48.9. The van der Waals surface area contributed by atoms with Crippen LogP contribution < -0.4 is 0 Å². The summed E-state index contributed by atoms with van der Waals surface area (Å²) in [5, 5.41) is 10.6. The second-order valence-electron chi connectivity index (χ2n) is 15.4. The fraction of sp³-hybridized carbons (Fsp3) is 0.875. The molecule has 0 spiro atoms. The monoisotopic (exact) mass is 552 g/mol. The molecular formula is C32H47F3O4. The molecule has 0 heterocycles. The van der Waals surface area contributed by atoms with Crippen molar-refractivity contribution >= 4 is 11.9 Å². The van der Waals surface area contributed by atoms with Crippen LogP contribution in [0.15, 0.2) is 11.6 Å². The Hall–Kier alpha value is -1.53. The lowest BCUT2D eigenvalue weighted by atomic mass is 9.33. The van der Waals surface area contributed by atoms with E-state index in [0.29, 0.717) is 30.6 Å². The molecule has 0 aliphatic heterocycles. The second-order valence-corrected chi connectivity index (χ2v) is 15.4. The van der Waals surface area contributed by atoms with Crippen molar-refractivity contribution in [3.63, 3.8) is 0 Å². The molecule has 0 aromatic rings. The molecule has 4 nitrogen and oxygen atoms in total. The van der Waals surface area contributed by atoms with E-state index in [9.17, 15) is 27.9 Å². The van der Waals surface area contributed by atoms with E-state index in [-0.39, 0.29) is 28.1 Å². The smallest absolute Gasteiger partial charge is 0.481 e. The van der Waals surface area contributed by atoms with Crippen LogP contribution in [0.4, 0.5) is 13.2 Å². The predicted molar refractivity (Wildman–Crippen MR) is 143 cm³/mol. The van der Waals surface area contributed by atoms with Crippen molar-refractivity contribution in [2.45, 2.75) is 119 Å². The van der Waals surface area contributed by atoms with Gasteiger partial charge in [-0.3, -0.25) is 4.79 Å². The third-order valence-electron chi connectivity index (χ3n) is 13.8. The van der Waals surface area contributed by atoms with Gasteiger partial charge in [-0.05, 0) is 104 Å². The fourth-order valence-corrected chi connectivity index (χ4v) is 11.2. The molecule has 0 amide bonds.